The van der Waals surface area contributed by atoms with E-state index in [1.807, 2.05) is 20.8 Å². The van der Waals surface area contributed by atoms with E-state index in [-0.39, 0.29) is 30.5 Å². The summed E-state index contributed by atoms with van der Waals surface area (Å²) in [6, 6.07) is 2.33. The number of carboxylic acids is 1. The number of benzene rings is 1. The maximum atomic E-state index is 14.6. The number of aromatic nitrogens is 2. The third-order valence-electron chi connectivity index (χ3n) is 5.29. The summed E-state index contributed by atoms with van der Waals surface area (Å²) in [5.74, 6) is -2.94. The highest BCUT2D eigenvalue weighted by atomic mass is 32.1. The van der Waals surface area contributed by atoms with Crippen LogP contribution in [-0.4, -0.2) is 32.3 Å². The van der Waals surface area contributed by atoms with Gasteiger partial charge in [0.15, 0.2) is 11.6 Å². The van der Waals surface area contributed by atoms with E-state index in [0.717, 1.165) is 25.3 Å². The molecule has 1 atom stereocenters. The number of rotatable bonds is 12. The van der Waals surface area contributed by atoms with Gasteiger partial charge in [-0.2, -0.15) is 12.6 Å². The van der Waals surface area contributed by atoms with Crippen molar-refractivity contribution in [3.8, 4) is 0 Å². The lowest BCUT2D eigenvalue weighted by atomic mass is 9.98. The normalized spacial score (nSPS) is 12.2. The van der Waals surface area contributed by atoms with Crippen LogP contribution in [-0.2, 0) is 24.3 Å². The number of nitrogens with zero attached hydrogens (tertiary/aromatic N) is 2. The van der Waals surface area contributed by atoms with Gasteiger partial charge in [-0.3, -0.25) is 4.79 Å². The Hall–Kier alpha value is -2.42. The Morgan fingerprint density at radius 2 is 1.97 bits per heavy atom. The minimum atomic E-state index is -1.53. The second-order valence-electron chi connectivity index (χ2n) is 8.29. The molecule has 6 nitrogen and oxygen atoms in total. The highest BCUT2D eigenvalue weighted by molar-refractivity contribution is 7.80. The van der Waals surface area contributed by atoms with Crippen molar-refractivity contribution in [1.82, 2.24) is 14.9 Å². The molecule has 1 amide bonds. The lowest BCUT2D eigenvalue weighted by Gasteiger charge is -2.18. The molecule has 0 radical (unpaired) electrons. The number of aromatic carboxylic acids is 1. The number of carbonyl (C=O) groups is 2. The van der Waals surface area contributed by atoms with Crippen LogP contribution in [0.2, 0.25) is 0 Å². The molecular weight excluding hydrogens is 436 g/mol. The lowest BCUT2D eigenvalue weighted by Crippen LogP contribution is -2.33. The number of carbonyl (C=O) groups excluding carboxylic acids is 1. The fourth-order valence-corrected chi connectivity index (χ4v) is 3.84. The van der Waals surface area contributed by atoms with Crippen LogP contribution in [0.1, 0.15) is 67.5 Å². The molecule has 2 aromatic rings. The summed E-state index contributed by atoms with van der Waals surface area (Å²) in [4.78, 5) is 28.1. The van der Waals surface area contributed by atoms with Crippen molar-refractivity contribution in [2.75, 3.05) is 5.75 Å². The highest BCUT2D eigenvalue weighted by Crippen LogP contribution is 2.20. The smallest absolute Gasteiger partial charge is 0.338 e. The zero-order chi connectivity index (χ0) is 23.8. The molecule has 0 fully saturated rings. The lowest BCUT2D eigenvalue weighted by molar-refractivity contribution is -0.124. The summed E-state index contributed by atoms with van der Waals surface area (Å²) in [5.41, 5.74) is -0.0311. The van der Waals surface area contributed by atoms with Crippen LogP contribution in [0.15, 0.2) is 18.3 Å². The van der Waals surface area contributed by atoms with Gasteiger partial charge in [0.2, 0.25) is 5.91 Å². The van der Waals surface area contributed by atoms with Crippen LogP contribution in [0.3, 0.4) is 0 Å². The van der Waals surface area contributed by atoms with E-state index in [1.165, 1.54) is 6.07 Å². The van der Waals surface area contributed by atoms with Crippen LogP contribution in [0.25, 0.3) is 0 Å². The molecule has 0 aliphatic rings. The quantitative estimate of drug-likeness (QED) is 0.403. The van der Waals surface area contributed by atoms with Crippen molar-refractivity contribution >= 4 is 24.5 Å². The molecular formula is C23H31F2N3O3S. The third-order valence-corrected chi connectivity index (χ3v) is 5.73. The maximum Gasteiger partial charge on any atom is 0.338 e. The molecule has 176 valence electrons. The van der Waals surface area contributed by atoms with Gasteiger partial charge in [0, 0.05) is 23.7 Å². The number of amides is 1. The fraction of sp³-hybridized carbons (Fsp3) is 0.522. The molecule has 2 N–H and O–H groups in total. The van der Waals surface area contributed by atoms with Crippen molar-refractivity contribution < 1.29 is 23.5 Å². The maximum absolute atomic E-state index is 14.6. The van der Waals surface area contributed by atoms with Gasteiger partial charge in [0.05, 0.1) is 30.5 Å². The van der Waals surface area contributed by atoms with Crippen LogP contribution < -0.4 is 5.32 Å². The second kappa shape index (κ2) is 12.0. The largest absolute Gasteiger partial charge is 0.478 e. The van der Waals surface area contributed by atoms with E-state index in [2.05, 4.69) is 22.9 Å². The molecule has 0 saturated heterocycles. The Bertz CT molecular complexity index is 947. The minimum absolute atomic E-state index is 0.0175. The Labute approximate surface area is 192 Å². The van der Waals surface area contributed by atoms with Crippen LogP contribution in [0, 0.1) is 23.5 Å². The van der Waals surface area contributed by atoms with Crippen LogP contribution in [0.5, 0.6) is 0 Å². The molecule has 2 rings (SSSR count). The predicted octanol–water partition coefficient (Wildman–Crippen LogP) is 4.46. The Balaban J connectivity index is 2.28. The van der Waals surface area contributed by atoms with Crippen molar-refractivity contribution in [1.29, 1.82) is 0 Å². The van der Waals surface area contributed by atoms with Gasteiger partial charge in [-0.15, -0.1) is 0 Å². The molecule has 0 aliphatic heterocycles. The predicted molar refractivity (Wildman–Crippen MR) is 122 cm³/mol. The minimum Gasteiger partial charge on any atom is -0.478 e. The summed E-state index contributed by atoms with van der Waals surface area (Å²) < 4.78 is 30.5. The summed E-state index contributed by atoms with van der Waals surface area (Å²) in [7, 11) is 0. The number of halogens is 2. The number of carboxylic acid groups (broad SMARTS) is 1. The first-order valence-electron chi connectivity index (χ1n) is 10.8. The zero-order valence-corrected chi connectivity index (χ0v) is 19.6. The van der Waals surface area contributed by atoms with E-state index < -0.39 is 23.2 Å². The number of imidazole rings is 1. The summed E-state index contributed by atoms with van der Waals surface area (Å²) in [6.07, 6.45) is 4.80. The standard InChI is InChI=1S/C23H31F2N3O3S/c1-4-5-6-19-26-10-17(11-27-22(29)16(13-32)9-14(2)3)28(19)12-15-7-8-18(23(30)31)21(25)20(15)24/h7-8,10,14,16,32H,4-6,9,11-13H2,1-3H3,(H,27,29)(H,30,31). The van der Waals surface area contributed by atoms with E-state index >= 15 is 0 Å². The van der Waals surface area contributed by atoms with Crippen molar-refractivity contribution in [2.45, 2.75) is 59.5 Å². The van der Waals surface area contributed by atoms with Gasteiger partial charge >= 0.3 is 5.97 Å². The monoisotopic (exact) mass is 467 g/mol. The number of thiol groups is 1. The molecule has 1 unspecified atom stereocenters. The molecule has 1 aromatic heterocycles. The van der Waals surface area contributed by atoms with Crippen LogP contribution >= 0.6 is 12.6 Å². The van der Waals surface area contributed by atoms with Gasteiger partial charge in [-0.1, -0.05) is 33.3 Å². The van der Waals surface area contributed by atoms with E-state index in [4.69, 9.17) is 5.11 Å². The molecule has 1 aromatic carbocycles. The van der Waals surface area contributed by atoms with Crippen LogP contribution in [0.4, 0.5) is 8.78 Å². The average molecular weight is 468 g/mol. The van der Waals surface area contributed by atoms with Crippen molar-refractivity contribution in [2.24, 2.45) is 11.8 Å². The SMILES string of the molecule is CCCCc1ncc(CNC(=O)C(CS)CC(C)C)n1Cc1ccc(C(=O)O)c(F)c1F. The number of aryl methyl sites for hydroxylation is 1. The first-order chi connectivity index (χ1) is 15.2. The number of hydrogen-bond acceptors (Lipinski definition) is 4. The summed E-state index contributed by atoms with van der Waals surface area (Å²) >= 11 is 4.28. The van der Waals surface area contributed by atoms with Crippen molar-refractivity contribution in [3.63, 3.8) is 0 Å². The average Bonchev–Trinajstić information content (AvgIpc) is 3.12. The van der Waals surface area contributed by atoms with Gasteiger partial charge in [0.1, 0.15) is 5.82 Å². The third kappa shape index (κ3) is 6.54. The topological polar surface area (TPSA) is 84.2 Å². The van der Waals surface area contributed by atoms with E-state index in [0.29, 0.717) is 29.6 Å². The van der Waals surface area contributed by atoms with Gasteiger partial charge < -0.3 is 15.0 Å². The van der Waals surface area contributed by atoms with Gasteiger partial charge in [-0.05, 0) is 24.8 Å². The molecule has 9 heteroatoms. The summed E-state index contributed by atoms with van der Waals surface area (Å²) in [6.45, 7) is 6.30. The summed E-state index contributed by atoms with van der Waals surface area (Å²) in [5, 5.41) is 11.9. The molecule has 32 heavy (non-hydrogen) atoms. The number of hydrogen-bond donors (Lipinski definition) is 3. The van der Waals surface area contributed by atoms with E-state index in [1.54, 1.807) is 10.8 Å². The first kappa shape index (κ1) is 25.8. The number of nitrogens with one attached hydrogen (secondary N) is 1. The Morgan fingerprint density at radius 1 is 1.25 bits per heavy atom. The molecule has 0 bridgehead atoms. The van der Waals surface area contributed by atoms with Gasteiger partial charge in [-0.25, -0.2) is 18.6 Å². The number of unbranched alkanes of at least 4 members (excludes halogenated alkanes) is 1. The Morgan fingerprint density at radius 3 is 2.56 bits per heavy atom. The van der Waals surface area contributed by atoms with Gasteiger partial charge in [0.25, 0.3) is 0 Å². The Kier molecular flexibility index (Phi) is 9.68. The van der Waals surface area contributed by atoms with Crippen molar-refractivity contribution in [3.05, 3.63) is 52.6 Å². The molecule has 0 aliphatic carbocycles. The van der Waals surface area contributed by atoms with E-state index in [9.17, 15) is 18.4 Å². The second-order valence-corrected chi connectivity index (χ2v) is 8.65. The fourth-order valence-electron chi connectivity index (χ4n) is 3.53. The molecule has 1 heterocycles. The highest BCUT2D eigenvalue weighted by Gasteiger charge is 2.21. The molecule has 0 saturated carbocycles. The first-order valence-corrected chi connectivity index (χ1v) is 11.4. The zero-order valence-electron chi connectivity index (χ0n) is 18.7. The molecule has 0 spiro atoms.